The van der Waals surface area contributed by atoms with E-state index in [1.807, 2.05) is 20.8 Å². The highest BCUT2D eigenvalue weighted by Crippen LogP contribution is 2.33. The lowest BCUT2D eigenvalue weighted by Crippen LogP contribution is -2.30. The predicted octanol–water partition coefficient (Wildman–Crippen LogP) is 6.99. The number of carbonyl (C=O) groups excluding carboxylic acids is 2. The third-order valence-corrected chi connectivity index (χ3v) is 6.83. The number of amides is 2. The first-order valence-corrected chi connectivity index (χ1v) is 14.5. The maximum atomic E-state index is 13.7. The highest BCUT2D eigenvalue weighted by Gasteiger charge is 2.31. The van der Waals surface area contributed by atoms with Gasteiger partial charge in [-0.05, 0) is 81.8 Å². The van der Waals surface area contributed by atoms with Gasteiger partial charge >= 0.3 is 12.3 Å². The van der Waals surface area contributed by atoms with E-state index < -0.39 is 23.7 Å². The zero-order valence-electron chi connectivity index (χ0n) is 25.9. The fraction of sp³-hybridized carbons (Fsp3) is 0.212. The Bertz CT molecular complexity index is 1920. The molecular weight excluding hydrogens is 613 g/mol. The molecule has 0 atom stereocenters. The van der Waals surface area contributed by atoms with Crippen molar-refractivity contribution in [2.24, 2.45) is 0 Å². The van der Waals surface area contributed by atoms with Crippen molar-refractivity contribution in [2.45, 2.75) is 46.5 Å². The summed E-state index contributed by atoms with van der Waals surface area (Å²) in [5.41, 5.74) is 2.98. The smallest absolute Gasteiger partial charge is 0.416 e. The van der Waals surface area contributed by atoms with Crippen molar-refractivity contribution < 1.29 is 27.5 Å². The quantitative estimate of drug-likeness (QED) is 0.156. The van der Waals surface area contributed by atoms with Crippen molar-refractivity contribution in [2.75, 3.05) is 10.6 Å². The maximum Gasteiger partial charge on any atom is 0.416 e. The normalized spacial score (nSPS) is 11.3. The number of alkyl carbamates (subject to hydrolysis) is 1. The molecule has 3 aromatic heterocycles. The number of carbonyl (C=O) groups is 2. The number of aryl methyl sites for hydroxylation is 2. The highest BCUT2D eigenvalue weighted by molar-refractivity contribution is 6.05. The lowest BCUT2D eigenvalue weighted by atomic mass is 10.1. The number of aromatic nitrogens is 5. The van der Waals surface area contributed by atoms with Gasteiger partial charge in [-0.2, -0.15) is 13.2 Å². The van der Waals surface area contributed by atoms with Crippen LogP contribution in [0.2, 0.25) is 0 Å². The second-order valence-corrected chi connectivity index (χ2v) is 10.9. The number of pyridine rings is 1. The Hall–Kier alpha value is -5.79. The van der Waals surface area contributed by atoms with Gasteiger partial charge in [-0.1, -0.05) is 6.07 Å². The van der Waals surface area contributed by atoms with E-state index in [1.165, 1.54) is 17.0 Å². The van der Waals surface area contributed by atoms with E-state index in [4.69, 9.17) is 4.74 Å². The number of imidazole rings is 1. The molecular formula is C33H31F3N8O3. The van der Waals surface area contributed by atoms with Gasteiger partial charge in [0.15, 0.2) is 0 Å². The van der Waals surface area contributed by atoms with Crippen molar-refractivity contribution in [3.63, 3.8) is 0 Å². The number of alkyl halides is 3. The summed E-state index contributed by atoms with van der Waals surface area (Å²) in [6.07, 6.45) is 0.926. The average molecular weight is 645 g/mol. The second kappa shape index (κ2) is 13.7. The van der Waals surface area contributed by atoms with Crippen LogP contribution in [-0.4, -0.2) is 42.5 Å². The Morgan fingerprint density at radius 1 is 0.979 bits per heavy atom. The van der Waals surface area contributed by atoms with E-state index in [2.05, 4.69) is 35.9 Å². The van der Waals surface area contributed by atoms with Gasteiger partial charge in [0.05, 0.1) is 29.0 Å². The van der Waals surface area contributed by atoms with Crippen LogP contribution < -0.4 is 16.0 Å². The number of nitrogens with zero attached hydrogens (tertiary/aromatic N) is 5. The van der Waals surface area contributed by atoms with E-state index >= 15 is 0 Å². The van der Waals surface area contributed by atoms with Gasteiger partial charge in [-0.25, -0.2) is 19.7 Å². The molecule has 242 valence electrons. The fourth-order valence-electron chi connectivity index (χ4n) is 4.55. The van der Waals surface area contributed by atoms with Gasteiger partial charge < -0.3 is 25.3 Å². The molecule has 0 aliphatic carbocycles. The summed E-state index contributed by atoms with van der Waals surface area (Å²) in [5.74, 6) is -0.397. The van der Waals surface area contributed by atoms with Crippen LogP contribution in [0, 0.1) is 13.8 Å². The molecule has 0 bridgehead atoms. The Kier molecular flexibility index (Phi) is 9.49. The molecule has 47 heavy (non-hydrogen) atoms. The van der Waals surface area contributed by atoms with Crippen molar-refractivity contribution in [3.05, 3.63) is 108 Å². The molecule has 3 heterocycles. The van der Waals surface area contributed by atoms with E-state index in [0.717, 1.165) is 17.7 Å². The summed E-state index contributed by atoms with van der Waals surface area (Å²) in [7, 11) is 0. The minimum absolute atomic E-state index is 0.0322. The number of benzene rings is 2. The number of anilines is 3. The first-order valence-electron chi connectivity index (χ1n) is 14.5. The van der Waals surface area contributed by atoms with Crippen LogP contribution >= 0.6 is 0 Å². The minimum Gasteiger partial charge on any atom is -0.443 e. The van der Waals surface area contributed by atoms with E-state index in [-0.39, 0.29) is 35.5 Å². The molecule has 0 spiro atoms. The molecule has 3 N–H and O–H groups in total. The fourth-order valence-corrected chi connectivity index (χ4v) is 4.55. The number of ether oxygens (including phenoxy) is 1. The molecule has 2 amide bonds. The molecule has 0 radical (unpaired) electrons. The molecule has 0 unspecified atom stereocenters. The number of rotatable bonds is 9. The van der Waals surface area contributed by atoms with Crippen LogP contribution in [-0.2, 0) is 17.5 Å². The lowest BCUT2D eigenvalue weighted by Gasteiger charge is -2.15. The molecule has 0 fully saturated rings. The summed E-state index contributed by atoms with van der Waals surface area (Å²) < 4.78 is 47.9. The second-order valence-electron chi connectivity index (χ2n) is 10.9. The topological polar surface area (TPSA) is 136 Å². The maximum absolute atomic E-state index is 13.7. The van der Waals surface area contributed by atoms with Gasteiger partial charge in [0.2, 0.25) is 5.95 Å². The largest absolute Gasteiger partial charge is 0.443 e. The van der Waals surface area contributed by atoms with Crippen molar-refractivity contribution in [1.82, 2.24) is 29.8 Å². The Labute approximate surface area is 268 Å². The van der Waals surface area contributed by atoms with Gasteiger partial charge in [0.25, 0.3) is 5.91 Å². The number of halogens is 3. The van der Waals surface area contributed by atoms with Crippen LogP contribution in [0.25, 0.3) is 16.9 Å². The highest BCUT2D eigenvalue weighted by atomic mass is 19.4. The Balaban J connectivity index is 1.36. The molecule has 5 rings (SSSR count). The first kappa shape index (κ1) is 32.6. The molecule has 5 aromatic rings. The summed E-state index contributed by atoms with van der Waals surface area (Å²) in [4.78, 5) is 42.6. The third kappa shape index (κ3) is 8.28. The summed E-state index contributed by atoms with van der Waals surface area (Å²) >= 11 is 0. The molecule has 0 saturated carbocycles. The van der Waals surface area contributed by atoms with Crippen LogP contribution in [0.3, 0.4) is 0 Å². The average Bonchev–Trinajstić information content (AvgIpc) is 3.46. The molecule has 11 nitrogen and oxygen atoms in total. The van der Waals surface area contributed by atoms with Crippen molar-refractivity contribution in [1.29, 1.82) is 0 Å². The molecule has 0 aliphatic rings. The number of nitrogens with one attached hydrogen (secondary N) is 3. The van der Waals surface area contributed by atoms with E-state index in [9.17, 15) is 22.8 Å². The SMILES string of the molecule is Cc1cn(-c2cc(NC(=O)c3ccc(C)c(Nc4nccc(-c5cccnc5COC(=O)NC(C)C)n4)c3)cc(C(F)(F)F)c2)cn1. The summed E-state index contributed by atoms with van der Waals surface area (Å²) in [6.45, 7) is 7.11. The van der Waals surface area contributed by atoms with E-state index in [0.29, 0.717) is 28.3 Å². The zero-order chi connectivity index (χ0) is 33.7. The monoisotopic (exact) mass is 644 g/mol. The van der Waals surface area contributed by atoms with Crippen LogP contribution in [0.1, 0.15) is 46.7 Å². The number of hydrogen-bond donors (Lipinski definition) is 3. The van der Waals surface area contributed by atoms with Gasteiger partial charge in [0, 0.05) is 52.8 Å². The summed E-state index contributed by atoms with van der Waals surface area (Å²) in [6, 6.07) is 13.3. The van der Waals surface area contributed by atoms with Gasteiger partial charge in [-0.3, -0.25) is 9.78 Å². The zero-order valence-corrected chi connectivity index (χ0v) is 25.9. The van der Waals surface area contributed by atoms with Crippen LogP contribution in [0.5, 0.6) is 0 Å². The van der Waals surface area contributed by atoms with Gasteiger partial charge in [0.1, 0.15) is 6.61 Å². The first-order chi connectivity index (χ1) is 22.4. The van der Waals surface area contributed by atoms with Crippen LogP contribution in [0.4, 0.5) is 35.3 Å². The van der Waals surface area contributed by atoms with Crippen molar-refractivity contribution >= 4 is 29.3 Å². The van der Waals surface area contributed by atoms with Gasteiger partial charge in [-0.15, -0.1) is 0 Å². The predicted molar refractivity (Wildman–Crippen MR) is 169 cm³/mol. The molecule has 0 aliphatic heterocycles. The minimum atomic E-state index is -4.63. The lowest BCUT2D eigenvalue weighted by molar-refractivity contribution is -0.137. The third-order valence-electron chi connectivity index (χ3n) is 6.83. The molecule has 14 heteroatoms. The molecule has 0 saturated heterocycles. The Morgan fingerprint density at radius 2 is 1.79 bits per heavy atom. The number of hydrogen-bond acceptors (Lipinski definition) is 8. The van der Waals surface area contributed by atoms with E-state index in [1.54, 1.807) is 61.9 Å². The molecule has 2 aromatic carbocycles. The standard InChI is InChI=1S/C33H31F3N8O3/c1-19(2)40-32(46)47-17-29-26(6-5-10-37-29)27-9-11-38-31(42-27)43-28-12-22(8-7-20(28)3)30(45)41-24-13-23(33(34,35)36)14-25(15-24)44-16-21(4)39-18-44/h5-16,18-19H,17H2,1-4H3,(H,40,46)(H,41,45)(H,38,42,43). The van der Waals surface area contributed by atoms with Crippen molar-refractivity contribution in [3.8, 4) is 16.9 Å². The van der Waals surface area contributed by atoms with Crippen LogP contribution in [0.15, 0.2) is 79.5 Å². The summed E-state index contributed by atoms with van der Waals surface area (Å²) in [5, 5.41) is 8.36. The Morgan fingerprint density at radius 3 is 2.51 bits per heavy atom.